The zero-order valence-corrected chi connectivity index (χ0v) is 13.1. The average molecular weight is 322 g/mol. The molecule has 1 aromatic heterocycles. The molecule has 2 aromatic rings. The van der Waals surface area contributed by atoms with Crippen molar-refractivity contribution in [2.24, 2.45) is 5.73 Å². The molecule has 21 heavy (non-hydrogen) atoms. The van der Waals surface area contributed by atoms with E-state index in [-0.39, 0.29) is 15.8 Å². The molecule has 110 valence electrons. The highest BCUT2D eigenvalue weighted by Gasteiger charge is 2.16. The van der Waals surface area contributed by atoms with Gasteiger partial charge in [0.15, 0.2) is 0 Å². The van der Waals surface area contributed by atoms with Gasteiger partial charge in [0.1, 0.15) is 4.99 Å². The normalized spacial score (nSPS) is 11.1. The number of hydrogen-bond donors (Lipinski definition) is 2. The highest BCUT2D eigenvalue weighted by Crippen LogP contribution is 2.15. The first-order chi connectivity index (χ1) is 9.78. The largest absolute Gasteiger partial charge is 0.389 e. The molecule has 0 aliphatic heterocycles. The van der Waals surface area contributed by atoms with Crippen molar-refractivity contribution in [3.63, 3.8) is 0 Å². The van der Waals surface area contributed by atoms with Crippen LogP contribution in [0.4, 0.5) is 5.95 Å². The van der Waals surface area contributed by atoms with Crippen LogP contribution < -0.4 is 10.5 Å². The number of anilines is 1. The van der Waals surface area contributed by atoms with Gasteiger partial charge in [-0.3, -0.25) is 0 Å². The van der Waals surface area contributed by atoms with Crippen molar-refractivity contribution in [1.82, 2.24) is 9.97 Å². The summed E-state index contributed by atoms with van der Waals surface area (Å²) in [7, 11) is -3.79. The second-order valence-corrected chi connectivity index (χ2v) is 6.59. The summed E-state index contributed by atoms with van der Waals surface area (Å²) in [4.78, 5) is 8.29. The molecule has 0 aliphatic carbocycles. The first kappa shape index (κ1) is 15.3. The van der Waals surface area contributed by atoms with Crippen LogP contribution in [0.1, 0.15) is 17.0 Å². The molecular weight excluding hydrogens is 308 g/mol. The fourth-order valence-electron chi connectivity index (χ4n) is 1.77. The average Bonchev–Trinajstić information content (AvgIpc) is 2.37. The van der Waals surface area contributed by atoms with Gasteiger partial charge in [-0.2, -0.15) is 0 Å². The molecule has 0 radical (unpaired) electrons. The Hall–Kier alpha value is -2.06. The number of thiocarbonyl (C=S) groups is 1. The first-order valence-electron chi connectivity index (χ1n) is 6.03. The molecule has 0 spiro atoms. The van der Waals surface area contributed by atoms with Crippen molar-refractivity contribution in [2.75, 3.05) is 4.72 Å². The van der Waals surface area contributed by atoms with E-state index in [4.69, 9.17) is 18.0 Å². The van der Waals surface area contributed by atoms with Gasteiger partial charge in [-0.05, 0) is 32.0 Å². The number of benzene rings is 1. The lowest BCUT2D eigenvalue weighted by molar-refractivity contribution is 0.600. The summed E-state index contributed by atoms with van der Waals surface area (Å²) >= 11 is 4.85. The number of rotatable bonds is 4. The van der Waals surface area contributed by atoms with Gasteiger partial charge in [0.05, 0.1) is 4.90 Å². The summed E-state index contributed by atoms with van der Waals surface area (Å²) in [5.74, 6) is 0.0354. The summed E-state index contributed by atoms with van der Waals surface area (Å²) < 4.78 is 27.0. The van der Waals surface area contributed by atoms with E-state index in [2.05, 4.69) is 14.7 Å². The van der Waals surface area contributed by atoms with Crippen molar-refractivity contribution in [1.29, 1.82) is 0 Å². The summed E-state index contributed by atoms with van der Waals surface area (Å²) in [5.41, 5.74) is 7.35. The Morgan fingerprint density at radius 1 is 1.19 bits per heavy atom. The maximum absolute atomic E-state index is 12.3. The van der Waals surface area contributed by atoms with Crippen LogP contribution in [0.2, 0.25) is 0 Å². The summed E-state index contributed by atoms with van der Waals surface area (Å²) in [6.07, 6.45) is 0. The van der Waals surface area contributed by atoms with E-state index < -0.39 is 10.0 Å². The van der Waals surface area contributed by atoms with Crippen molar-refractivity contribution >= 4 is 33.2 Å². The van der Waals surface area contributed by atoms with E-state index in [0.29, 0.717) is 17.0 Å². The predicted octanol–water partition coefficient (Wildman–Crippen LogP) is 1.53. The molecular formula is C13H14N4O2S2. The van der Waals surface area contributed by atoms with Crippen LogP contribution in [-0.4, -0.2) is 23.4 Å². The van der Waals surface area contributed by atoms with Gasteiger partial charge in [0.25, 0.3) is 10.0 Å². The topological polar surface area (TPSA) is 98.0 Å². The van der Waals surface area contributed by atoms with Crippen LogP contribution in [0.5, 0.6) is 0 Å². The van der Waals surface area contributed by atoms with Gasteiger partial charge in [0.2, 0.25) is 5.95 Å². The lowest BCUT2D eigenvalue weighted by Crippen LogP contribution is -2.17. The second kappa shape index (κ2) is 5.74. The van der Waals surface area contributed by atoms with Crippen LogP contribution >= 0.6 is 12.2 Å². The molecule has 3 N–H and O–H groups in total. The SMILES string of the molecule is Cc1cc(C)nc(NS(=O)(=O)c2cccc(C(N)=S)c2)n1. The molecule has 0 atom stereocenters. The van der Waals surface area contributed by atoms with Crippen molar-refractivity contribution < 1.29 is 8.42 Å². The molecule has 6 nitrogen and oxygen atoms in total. The Kier molecular flexibility index (Phi) is 4.19. The number of nitrogens with two attached hydrogens (primary N) is 1. The number of hydrogen-bond acceptors (Lipinski definition) is 5. The number of sulfonamides is 1. The summed E-state index contributed by atoms with van der Waals surface area (Å²) in [6, 6.07) is 7.84. The van der Waals surface area contributed by atoms with Crippen LogP contribution in [-0.2, 0) is 10.0 Å². The van der Waals surface area contributed by atoms with Gasteiger partial charge in [-0.25, -0.2) is 23.1 Å². The maximum atomic E-state index is 12.3. The van der Waals surface area contributed by atoms with Crippen LogP contribution in [0.25, 0.3) is 0 Å². The summed E-state index contributed by atoms with van der Waals surface area (Å²) in [6.45, 7) is 3.53. The molecule has 0 bridgehead atoms. The molecule has 0 saturated carbocycles. The minimum atomic E-state index is -3.79. The van der Waals surface area contributed by atoms with E-state index in [9.17, 15) is 8.42 Å². The third kappa shape index (κ3) is 3.73. The lowest BCUT2D eigenvalue weighted by Gasteiger charge is -2.09. The monoisotopic (exact) mass is 322 g/mol. The molecule has 0 fully saturated rings. The quantitative estimate of drug-likeness (QED) is 0.828. The standard InChI is InChI=1S/C13H14N4O2S2/c1-8-6-9(2)16-13(15-8)17-21(18,19)11-5-3-4-10(7-11)12(14)20/h3-7H,1-2H3,(H2,14,20)(H,15,16,17). The van der Waals surface area contributed by atoms with Gasteiger partial charge in [0, 0.05) is 17.0 Å². The number of nitrogens with one attached hydrogen (secondary N) is 1. The zero-order valence-electron chi connectivity index (χ0n) is 11.5. The Morgan fingerprint density at radius 3 is 2.38 bits per heavy atom. The molecule has 1 heterocycles. The first-order valence-corrected chi connectivity index (χ1v) is 7.92. The molecule has 1 aromatic carbocycles. The highest BCUT2D eigenvalue weighted by molar-refractivity contribution is 7.92. The van der Waals surface area contributed by atoms with E-state index in [1.165, 1.54) is 12.1 Å². The Bertz CT molecular complexity index is 783. The van der Waals surface area contributed by atoms with E-state index >= 15 is 0 Å². The van der Waals surface area contributed by atoms with Crippen LogP contribution in [0.3, 0.4) is 0 Å². The smallest absolute Gasteiger partial charge is 0.264 e. The van der Waals surface area contributed by atoms with Gasteiger partial charge in [-0.15, -0.1) is 0 Å². The summed E-state index contributed by atoms with van der Waals surface area (Å²) in [5, 5.41) is 0. The Labute approximate surface area is 128 Å². The Balaban J connectivity index is 2.38. The zero-order chi connectivity index (χ0) is 15.6. The fourth-order valence-corrected chi connectivity index (χ4v) is 2.88. The molecule has 0 saturated heterocycles. The molecule has 0 aliphatic rings. The van der Waals surface area contributed by atoms with Crippen LogP contribution in [0, 0.1) is 13.8 Å². The fraction of sp³-hybridized carbons (Fsp3) is 0.154. The maximum Gasteiger partial charge on any atom is 0.264 e. The Morgan fingerprint density at radius 2 is 1.81 bits per heavy atom. The van der Waals surface area contributed by atoms with Gasteiger partial charge < -0.3 is 5.73 Å². The highest BCUT2D eigenvalue weighted by atomic mass is 32.2. The van der Waals surface area contributed by atoms with Crippen LogP contribution in [0.15, 0.2) is 35.2 Å². The molecule has 8 heteroatoms. The van der Waals surface area contributed by atoms with E-state index in [1.807, 2.05) is 0 Å². The van der Waals surface area contributed by atoms with E-state index in [1.54, 1.807) is 32.0 Å². The van der Waals surface area contributed by atoms with Gasteiger partial charge >= 0.3 is 0 Å². The van der Waals surface area contributed by atoms with Gasteiger partial charge in [-0.1, -0.05) is 24.4 Å². The number of aromatic nitrogens is 2. The molecule has 2 rings (SSSR count). The van der Waals surface area contributed by atoms with Crippen molar-refractivity contribution in [2.45, 2.75) is 18.7 Å². The van der Waals surface area contributed by atoms with Crippen molar-refractivity contribution in [3.05, 3.63) is 47.3 Å². The lowest BCUT2D eigenvalue weighted by atomic mass is 10.2. The minimum absolute atomic E-state index is 0.0354. The predicted molar refractivity (Wildman–Crippen MR) is 84.6 cm³/mol. The van der Waals surface area contributed by atoms with E-state index in [0.717, 1.165) is 0 Å². The minimum Gasteiger partial charge on any atom is -0.389 e. The number of nitrogens with zero attached hydrogens (tertiary/aromatic N) is 2. The van der Waals surface area contributed by atoms with Crippen molar-refractivity contribution in [3.8, 4) is 0 Å². The third-order valence-corrected chi connectivity index (χ3v) is 4.20. The second-order valence-electron chi connectivity index (χ2n) is 4.47. The third-order valence-electron chi connectivity index (χ3n) is 2.64. The number of aryl methyl sites for hydroxylation is 2. The molecule has 0 unspecified atom stereocenters. The molecule has 0 amide bonds.